The number of amides is 2. The summed E-state index contributed by atoms with van der Waals surface area (Å²) < 4.78 is 15.9. The second-order valence-electron chi connectivity index (χ2n) is 8.47. The van der Waals surface area contributed by atoms with Gasteiger partial charge in [-0.15, -0.1) is 0 Å². The van der Waals surface area contributed by atoms with Crippen molar-refractivity contribution in [2.45, 2.75) is 87.2 Å². The van der Waals surface area contributed by atoms with Gasteiger partial charge in [0.1, 0.15) is 42.7 Å². The molecule has 0 aromatic rings. The summed E-state index contributed by atoms with van der Waals surface area (Å²) in [6, 6.07) is -2.51. The lowest BCUT2D eigenvalue weighted by Crippen LogP contribution is -2.71. The van der Waals surface area contributed by atoms with Crippen LogP contribution in [0.3, 0.4) is 0 Å². The molecule has 2 aliphatic heterocycles. The van der Waals surface area contributed by atoms with Gasteiger partial charge in [-0.25, -0.2) is 4.79 Å². The highest BCUT2D eigenvalue weighted by molar-refractivity contribution is 5.78. The number of aliphatic carboxylic acids is 1. The molecule has 2 fully saturated rings. The Balaban J connectivity index is 2.40. The summed E-state index contributed by atoms with van der Waals surface area (Å²) in [5.41, 5.74) is 0. The van der Waals surface area contributed by atoms with Crippen LogP contribution < -0.4 is 10.6 Å². The van der Waals surface area contributed by atoms with Crippen molar-refractivity contribution in [1.82, 2.24) is 10.6 Å². The van der Waals surface area contributed by atoms with Gasteiger partial charge in [0.25, 0.3) is 5.79 Å². The fourth-order valence-corrected chi connectivity index (χ4v) is 3.99. The minimum atomic E-state index is -2.67. The molecule has 35 heavy (non-hydrogen) atoms. The van der Waals surface area contributed by atoms with E-state index in [-0.39, 0.29) is 0 Å². The van der Waals surface area contributed by atoms with Crippen LogP contribution in [0.1, 0.15) is 20.3 Å². The lowest BCUT2D eigenvalue weighted by atomic mass is 9.86. The molecule has 2 aliphatic rings. The van der Waals surface area contributed by atoms with Gasteiger partial charge < -0.3 is 65.7 Å². The van der Waals surface area contributed by atoms with Crippen molar-refractivity contribution in [2.24, 2.45) is 0 Å². The van der Waals surface area contributed by atoms with Crippen molar-refractivity contribution in [3.05, 3.63) is 0 Å². The van der Waals surface area contributed by atoms with E-state index in [1.54, 1.807) is 0 Å². The van der Waals surface area contributed by atoms with Crippen LogP contribution in [0.25, 0.3) is 0 Å². The predicted octanol–water partition coefficient (Wildman–Crippen LogP) is -5.90. The molecule has 2 amide bonds. The predicted molar refractivity (Wildman–Crippen MR) is 109 cm³/mol. The van der Waals surface area contributed by atoms with Crippen molar-refractivity contribution in [1.29, 1.82) is 0 Å². The average Bonchev–Trinajstić information content (AvgIpc) is 2.78. The summed E-state index contributed by atoms with van der Waals surface area (Å²) in [6.45, 7) is 0.439. The third-order valence-electron chi connectivity index (χ3n) is 5.77. The Morgan fingerprint density at radius 1 is 1.03 bits per heavy atom. The molecule has 0 aromatic heterocycles. The number of hydrogen-bond donors (Lipinski definition) is 10. The molecule has 0 aromatic carbocycles. The Morgan fingerprint density at radius 3 is 2.14 bits per heavy atom. The maximum atomic E-state index is 12.3. The molecule has 10 N–H and O–H groups in total. The smallest absolute Gasteiger partial charge is 0.364 e. The maximum Gasteiger partial charge on any atom is 0.364 e. The van der Waals surface area contributed by atoms with E-state index in [0.29, 0.717) is 0 Å². The standard InChI is InChI=1S/C19H32N2O14/c1-6(23)20-8-3-19(18(31)32,33-5-10-13(27)14(28)15(29)17(30)34-10)35-16(11(8)21-7(2)24)12(26)9(25)4-22/h8-17,22,25-30H,3-5H2,1-2H3,(H,20,23)(H,21,24)(H,31,32)/t8-,9+,10+,11+,12+,13-,14-,15+,16+,17+,19+/m0/s1. The highest BCUT2D eigenvalue weighted by Crippen LogP contribution is 2.34. The largest absolute Gasteiger partial charge is 0.477 e. The Morgan fingerprint density at radius 2 is 1.63 bits per heavy atom. The number of carboxylic acids is 1. The maximum absolute atomic E-state index is 12.3. The topological polar surface area (TPSA) is 265 Å². The highest BCUT2D eigenvalue weighted by atomic mass is 16.7. The summed E-state index contributed by atoms with van der Waals surface area (Å²) in [7, 11) is 0. The summed E-state index contributed by atoms with van der Waals surface area (Å²) >= 11 is 0. The second-order valence-corrected chi connectivity index (χ2v) is 8.47. The Kier molecular flexibility index (Phi) is 9.88. The third-order valence-corrected chi connectivity index (χ3v) is 5.77. The number of aliphatic hydroxyl groups is 7. The van der Waals surface area contributed by atoms with Crippen molar-refractivity contribution in [3.8, 4) is 0 Å². The second kappa shape index (κ2) is 11.8. The van der Waals surface area contributed by atoms with E-state index in [2.05, 4.69) is 10.6 Å². The molecule has 16 heteroatoms. The van der Waals surface area contributed by atoms with Crippen LogP contribution in [-0.4, -0.2) is 139 Å². The van der Waals surface area contributed by atoms with E-state index in [0.717, 1.165) is 13.8 Å². The molecule has 202 valence electrons. The van der Waals surface area contributed by atoms with Gasteiger partial charge in [0.05, 0.1) is 25.3 Å². The van der Waals surface area contributed by atoms with Crippen molar-refractivity contribution in [2.75, 3.05) is 13.2 Å². The third kappa shape index (κ3) is 6.62. The van der Waals surface area contributed by atoms with Gasteiger partial charge >= 0.3 is 5.97 Å². The Labute approximate surface area is 199 Å². The first-order valence-electron chi connectivity index (χ1n) is 10.7. The van der Waals surface area contributed by atoms with Gasteiger partial charge in [0.2, 0.25) is 11.8 Å². The number of aliphatic hydroxyl groups excluding tert-OH is 7. The molecule has 0 unspecified atom stereocenters. The van der Waals surface area contributed by atoms with Crippen LogP contribution in [0.2, 0.25) is 0 Å². The summed E-state index contributed by atoms with van der Waals surface area (Å²) in [5.74, 6) is -5.73. The number of nitrogens with one attached hydrogen (secondary N) is 2. The van der Waals surface area contributed by atoms with Crippen LogP contribution in [0.5, 0.6) is 0 Å². The van der Waals surface area contributed by atoms with Gasteiger partial charge in [0, 0.05) is 20.3 Å². The molecule has 2 rings (SSSR count). The van der Waals surface area contributed by atoms with Crippen molar-refractivity contribution in [3.63, 3.8) is 0 Å². The zero-order valence-electron chi connectivity index (χ0n) is 18.9. The van der Waals surface area contributed by atoms with Crippen LogP contribution in [0.4, 0.5) is 0 Å². The number of carbonyl (C=O) groups excluding carboxylic acids is 2. The van der Waals surface area contributed by atoms with E-state index in [9.17, 15) is 55.2 Å². The average molecular weight is 512 g/mol. The summed E-state index contributed by atoms with van der Waals surface area (Å²) in [6.07, 6.45) is -15.2. The monoisotopic (exact) mass is 512 g/mol. The minimum absolute atomic E-state index is 0.645. The SMILES string of the molecule is CC(=O)N[C@H]1[C@H]([C@H](O)[C@H](O)CO)O[C@@](OC[C@H]2O[C@@H](O)[C@H](O)[C@@H](O)[C@H]2O)(C(=O)O)C[C@@H]1NC(C)=O. The molecule has 0 spiro atoms. The first-order valence-corrected chi connectivity index (χ1v) is 10.7. The number of carboxylic acid groups (broad SMARTS) is 1. The molecule has 2 heterocycles. The fourth-order valence-electron chi connectivity index (χ4n) is 3.99. The first kappa shape index (κ1) is 29.2. The van der Waals surface area contributed by atoms with E-state index < -0.39 is 104 Å². The summed E-state index contributed by atoms with van der Waals surface area (Å²) in [5, 5.41) is 83.8. The molecule has 16 nitrogen and oxygen atoms in total. The lowest BCUT2D eigenvalue weighted by Gasteiger charge is -2.48. The van der Waals surface area contributed by atoms with E-state index in [4.69, 9.17) is 14.2 Å². The zero-order valence-corrected chi connectivity index (χ0v) is 18.9. The molecule has 0 saturated carbocycles. The normalized spacial score (nSPS) is 39.3. The minimum Gasteiger partial charge on any atom is -0.477 e. The number of ether oxygens (including phenoxy) is 3. The molecule has 0 aliphatic carbocycles. The fraction of sp³-hybridized carbons (Fsp3) is 0.842. The van der Waals surface area contributed by atoms with E-state index in [1.165, 1.54) is 0 Å². The molecular weight excluding hydrogens is 480 g/mol. The first-order chi connectivity index (χ1) is 16.2. The van der Waals surface area contributed by atoms with Crippen molar-refractivity contribution < 1.29 is 69.4 Å². The van der Waals surface area contributed by atoms with E-state index >= 15 is 0 Å². The Bertz CT molecular complexity index is 770. The zero-order chi connectivity index (χ0) is 26.7. The van der Waals surface area contributed by atoms with Gasteiger partial charge in [0.15, 0.2) is 6.29 Å². The van der Waals surface area contributed by atoms with Gasteiger partial charge in [-0.1, -0.05) is 0 Å². The quantitative estimate of drug-likeness (QED) is 0.138. The van der Waals surface area contributed by atoms with Crippen LogP contribution in [0.15, 0.2) is 0 Å². The molecule has 0 radical (unpaired) electrons. The number of carbonyl (C=O) groups is 3. The lowest BCUT2D eigenvalue weighted by molar-refractivity contribution is -0.328. The molecular formula is C19H32N2O14. The Hall–Kier alpha value is -1.99. The molecule has 2 saturated heterocycles. The van der Waals surface area contributed by atoms with Crippen LogP contribution >= 0.6 is 0 Å². The highest BCUT2D eigenvalue weighted by Gasteiger charge is 2.57. The van der Waals surface area contributed by atoms with Crippen LogP contribution in [0, 0.1) is 0 Å². The molecule has 11 atom stereocenters. The van der Waals surface area contributed by atoms with Gasteiger partial charge in [-0.2, -0.15) is 0 Å². The van der Waals surface area contributed by atoms with Gasteiger partial charge in [-0.3, -0.25) is 9.59 Å². The summed E-state index contributed by atoms with van der Waals surface area (Å²) in [4.78, 5) is 35.9. The number of rotatable bonds is 9. The van der Waals surface area contributed by atoms with Crippen LogP contribution in [-0.2, 0) is 28.6 Å². The molecule has 0 bridgehead atoms. The number of hydrogen-bond acceptors (Lipinski definition) is 13. The van der Waals surface area contributed by atoms with Crippen molar-refractivity contribution >= 4 is 17.8 Å². The van der Waals surface area contributed by atoms with E-state index in [1.807, 2.05) is 0 Å². The van der Waals surface area contributed by atoms with Gasteiger partial charge in [-0.05, 0) is 0 Å².